The molecule has 26 heavy (non-hydrogen) atoms. The van der Waals surface area contributed by atoms with Gasteiger partial charge in [-0.1, -0.05) is 13.0 Å². The van der Waals surface area contributed by atoms with Crippen molar-refractivity contribution in [3.05, 3.63) is 53.6 Å². The van der Waals surface area contributed by atoms with Crippen LogP contribution in [0.1, 0.15) is 18.2 Å². The Labute approximate surface area is 157 Å². The first kappa shape index (κ1) is 17.1. The fourth-order valence-corrected chi connectivity index (χ4v) is 3.79. The van der Waals surface area contributed by atoms with Crippen molar-refractivity contribution in [2.24, 2.45) is 0 Å². The largest absolute Gasteiger partial charge is 0.354 e. The van der Waals surface area contributed by atoms with Crippen molar-refractivity contribution in [3.63, 3.8) is 0 Å². The van der Waals surface area contributed by atoms with Crippen LogP contribution in [0.3, 0.4) is 0 Å². The van der Waals surface area contributed by atoms with E-state index in [9.17, 15) is 0 Å². The van der Waals surface area contributed by atoms with Gasteiger partial charge in [-0.25, -0.2) is 19.9 Å². The van der Waals surface area contributed by atoms with Crippen LogP contribution in [-0.4, -0.2) is 51.0 Å². The fraction of sp³-hybridized carbons (Fsp3) is 0.368. The highest BCUT2D eigenvalue weighted by Crippen LogP contribution is 2.21. The van der Waals surface area contributed by atoms with Crippen molar-refractivity contribution in [1.29, 1.82) is 0 Å². The topological polar surface area (TPSA) is 58.0 Å². The zero-order valence-electron chi connectivity index (χ0n) is 14.9. The van der Waals surface area contributed by atoms with E-state index in [0.717, 1.165) is 66.9 Å². The predicted octanol–water partition coefficient (Wildman–Crippen LogP) is 2.88. The minimum Gasteiger partial charge on any atom is -0.354 e. The first-order chi connectivity index (χ1) is 12.8. The zero-order valence-corrected chi connectivity index (χ0v) is 15.7. The summed E-state index contributed by atoms with van der Waals surface area (Å²) in [4.78, 5) is 23.6. The molecule has 4 rings (SSSR count). The molecule has 7 heteroatoms. The van der Waals surface area contributed by atoms with Crippen LogP contribution in [0.25, 0.3) is 10.7 Å². The van der Waals surface area contributed by atoms with Crippen molar-refractivity contribution in [1.82, 2.24) is 24.8 Å². The number of anilines is 1. The van der Waals surface area contributed by atoms with Gasteiger partial charge in [0.2, 0.25) is 0 Å². The van der Waals surface area contributed by atoms with Gasteiger partial charge < -0.3 is 4.90 Å². The SMILES string of the molecule is CCc1cc(N2CCN(Cc3cnc(-c4cccs4)nc3)CC2)ncn1. The van der Waals surface area contributed by atoms with Crippen LogP contribution in [0.4, 0.5) is 5.82 Å². The third-order valence-electron chi connectivity index (χ3n) is 4.62. The third-order valence-corrected chi connectivity index (χ3v) is 5.49. The highest BCUT2D eigenvalue weighted by molar-refractivity contribution is 7.13. The summed E-state index contributed by atoms with van der Waals surface area (Å²) in [6.07, 6.45) is 6.52. The van der Waals surface area contributed by atoms with Crippen LogP contribution in [0.2, 0.25) is 0 Å². The van der Waals surface area contributed by atoms with E-state index in [1.54, 1.807) is 17.7 Å². The van der Waals surface area contributed by atoms with E-state index in [0.29, 0.717) is 0 Å². The van der Waals surface area contributed by atoms with E-state index in [-0.39, 0.29) is 0 Å². The van der Waals surface area contributed by atoms with Gasteiger partial charge in [-0.2, -0.15) is 0 Å². The average Bonchev–Trinajstić information content (AvgIpc) is 3.24. The van der Waals surface area contributed by atoms with Gasteiger partial charge in [-0.15, -0.1) is 11.3 Å². The van der Waals surface area contributed by atoms with E-state index >= 15 is 0 Å². The van der Waals surface area contributed by atoms with Gasteiger partial charge in [-0.05, 0) is 17.9 Å². The lowest BCUT2D eigenvalue weighted by atomic mass is 10.2. The molecule has 4 heterocycles. The standard InChI is InChI=1S/C19H22N6S/c1-2-16-10-18(23-14-22-16)25-7-5-24(6-8-25)13-15-11-20-19(21-12-15)17-4-3-9-26-17/h3-4,9-12,14H,2,5-8,13H2,1H3. The second kappa shape index (κ2) is 7.88. The highest BCUT2D eigenvalue weighted by atomic mass is 32.1. The van der Waals surface area contributed by atoms with E-state index in [1.807, 2.05) is 23.8 Å². The van der Waals surface area contributed by atoms with Gasteiger partial charge in [0.05, 0.1) is 4.88 Å². The molecule has 1 aliphatic heterocycles. The Morgan fingerprint density at radius 1 is 1.04 bits per heavy atom. The summed E-state index contributed by atoms with van der Waals surface area (Å²) >= 11 is 1.67. The van der Waals surface area contributed by atoms with Crippen LogP contribution >= 0.6 is 11.3 Å². The van der Waals surface area contributed by atoms with Crippen molar-refractivity contribution < 1.29 is 0 Å². The Bertz CT molecular complexity index is 826. The van der Waals surface area contributed by atoms with Gasteiger partial charge in [0.15, 0.2) is 5.82 Å². The monoisotopic (exact) mass is 366 g/mol. The van der Waals surface area contributed by atoms with Gasteiger partial charge in [0.1, 0.15) is 12.1 Å². The Morgan fingerprint density at radius 3 is 2.54 bits per heavy atom. The molecule has 3 aromatic heterocycles. The van der Waals surface area contributed by atoms with Crippen LogP contribution in [0, 0.1) is 0 Å². The molecule has 0 aliphatic carbocycles. The molecule has 0 bridgehead atoms. The summed E-state index contributed by atoms with van der Waals surface area (Å²) in [5, 5.41) is 2.05. The van der Waals surface area contributed by atoms with Crippen LogP contribution in [0.5, 0.6) is 0 Å². The molecule has 134 valence electrons. The van der Waals surface area contributed by atoms with E-state index in [1.165, 1.54) is 0 Å². The Morgan fingerprint density at radius 2 is 1.85 bits per heavy atom. The highest BCUT2D eigenvalue weighted by Gasteiger charge is 2.18. The predicted molar refractivity (Wildman–Crippen MR) is 104 cm³/mol. The second-order valence-electron chi connectivity index (χ2n) is 6.38. The minimum atomic E-state index is 0.809. The summed E-state index contributed by atoms with van der Waals surface area (Å²) < 4.78 is 0. The lowest BCUT2D eigenvalue weighted by molar-refractivity contribution is 0.249. The Hall–Kier alpha value is -2.38. The summed E-state index contributed by atoms with van der Waals surface area (Å²) in [6.45, 7) is 7.00. The number of nitrogens with zero attached hydrogens (tertiary/aromatic N) is 6. The first-order valence-electron chi connectivity index (χ1n) is 8.95. The molecule has 6 nitrogen and oxygen atoms in total. The van der Waals surface area contributed by atoms with Gasteiger partial charge in [0.25, 0.3) is 0 Å². The number of thiophene rings is 1. The summed E-state index contributed by atoms with van der Waals surface area (Å²) in [7, 11) is 0. The number of aromatic nitrogens is 4. The summed E-state index contributed by atoms with van der Waals surface area (Å²) in [5.74, 6) is 1.85. The van der Waals surface area contributed by atoms with Crippen LogP contribution < -0.4 is 4.90 Å². The van der Waals surface area contributed by atoms with E-state index in [2.05, 4.69) is 48.8 Å². The van der Waals surface area contributed by atoms with Crippen molar-refractivity contribution >= 4 is 17.2 Å². The number of rotatable bonds is 5. The number of hydrogen-bond acceptors (Lipinski definition) is 7. The Balaban J connectivity index is 1.33. The first-order valence-corrected chi connectivity index (χ1v) is 9.83. The quantitative estimate of drug-likeness (QED) is 0.692. The molecule has 0 unspecified atom stereocenters. The van der Waals surface area contributed by atoms with Crippen LogP contribution in [0.15, 0.2) is 42.3 Å². The molecule has 3 aromatic rings. The molecular weight excluding hydrogens is 344 g/mol. The molecule has 0 saturated carbocycles. The van der Waals surface area contributed by atoms with E-state index < -0.39 is 0 Å². The molecule has 1 aliphatic rings. The lowest BCUT2D eigenvalue weighted by Gasteiger charge is -2.35. The van der Waals surface area contributed by atoms with Crippen LogP contribution in [-0.2, 0) is 13.0 Å². The lowest BCUT2D eigenvalue weighted by Crippen LogP contribution is -2.46. The third kappa shape index (κ3) is 3.89. The maximum Gasteiger partial charge on any atom is 0.169 e. The molecule has 0 atom stereocenters. The molecular formula is C19H22N6S. The minimum absolute atomic E-state index is 0.809. The number of piperazine rings is 1. The molecule has 1 saturated heterocycles. The van der Waals surface area contributed by atoms with Crippen molar-refractivity contribution in [2.45, 2.75) is 19.9 Å². The average molecular weight is 366 g/mol. The zero-order chi connectivity index (χ0) is 17.8. The molecule has 0 N–H and O–H groups in total. The van der Waals surface area contributed by atoms with Gasteiger partial charge >= 0.3 is 0 Å². The van der Waals surface area contributed by atoms with E-state index in [4.69, 9.17) is 0 Å². The van der Waals surface area contributed by atoms with Crippen molar-refractivity contribution in [3.8, 4) is 10.7 Å². The normalized spacial score (nSPS) is 15.3. The molecule has 0 aromatic carbocycles. The van der Waals surface area contributed by atoms with Gasteiger partial charge in [-0.3, -0.25) is 4.90 Å². The summed E-state index contributed by atoms with van der Waals surface area (Å²) in [6, 6.07) is 6.18. The van der Waals surface area contributed by atoms with Crippen molar-refractivity contribution in [2.75, 3.05) is 31.1 Å². The fourth-order valence-electron chi connectivity index (χ4n) is 3.11. The van der Waals surface area contributed by atoms with Gasteiger partial charge in [0, 0.05) is 62.4 Å². The Kier molecular flexibility index (Phi) is 5.17. The summed E-state index contributed by atoms with van der Waals surface area (Å²) in [5.41, 5.74) is 2.26. The second-order valence-corrected chi connectivity index (χ2v) is 7.32. The smallest absolute Gasteiger partial charge is 0.169 e. The maximum absolute atomic E-state index is 4.51. The number of aryl methyl sites for hydroxylation is 1. The molecule has 1 fully saturated rings. The number of hydrogen-bond donors (Lipinski definition) is 0. The molecule has 0 spiro atoms. The maximum atomic E-state index is 4.51. The molecule has 0 radical (unpaired) electrons. The molecule has 0 amide bonds.